The molecule has 0 saturated carbocycles. The number of benzene rings is 2. The van der Waals surface area contributed by atoms with Gasteiger partial charge in [0.15, 0.2) is 5.82 Å². The molecule has 5 rings (SSSR count). The van der Waals surface area contributed by atoms with Crippen LogP contribution in [0.5, 0.6) is 0 Å². The molecule has 2 aromatic carbocycles. The molecule has 1 unspecified atom stereocenters. The Morgan fingerprint density at radius 3 is 2.72 bits per heavy atom. The highest BCUT2D eigenvalue weighted by molar-refractivity contribution is 5.98. The van der Waals surface area contributed by atoms with Crippen molar-refractivity contribution in [1.82, 2.24) is 15.1 Å². The van der Waals surface area contributed by atoms with Crippen LogP contribution in [0, 0.1) is 20.8 Å². The van der Waals surface area contributed by atoms with Crippen LogP contribution in [0.2, 0.25) is 0 Å². The maximum atomic E-state index is 12.8. The quantitative estimate of drug-likeness (QED) is 0.555. The third-order valence-electron chi connectivity index (χ3n) is 5.66. The largest absolute Gasteiger partial charge is 0.361 e. The van der Waals surface area contributed by atoms with E-state index in [0.29, 0.717) is 24.7 Å². The van der Waals surface area contributed by atoms with Crippen LogP contribution in [0.25, 0.3) is 22.4 Å². The summed E-state index contributed by atoms with van der Waals surface area (Å²) in [5.41, 5.74) is 6.36. The van der Waals surface area contributed by atoms with Gasteiger partial charge in [0.25, 0.3) is 5.89 Å². The summed E-state index contributed by atoms with van der Waals surface area (Å²) in [6.45, 7) is 6.75. The normalized spacial score (nSPS) is 16.9. The van der Waals surface area contributed by atoms with Gasteiger partial charge in [0.2, 0.25) is 5.91 Å². The summed E-state index contributed by atoms with van der Waals surface area (Å²) in [6.07, 6.45) is 2.28. The number of H-pyrrole nitrogens is 1. The molecule has 0 radical (unpaired) electrons. The van der Waals surface area contributed by atoms with Gasteiger partial charge in [0, 0.05) is 47.2 Å². The maximum Gasteiger partial charge on any atom is 0.258 e. The predicted octanol–water partition coefficient (Wildman–Crippen LogP) is 4.66. The zero-order valence-corrected chi connectivity index (χ0v) is 16.7. The first-order chi connectivity index (χ1) is 14.0. The Morgan fingerprint density at radius 2 is 1.93 bits per heavy atom. The van der Waals surface area contributed by atoms with Crippen LogP contribution < -0.4 is 4.90 Å². The molecule has 1 atom stereocenters. The number of nitrogens with zero attached hydrogens (tertiary/aromatic N) is 3. The fourth-order valence-electron chi connectivity index (χ4n) is 4.48. The maximum absolute atomic E-state index is 12.8. The average Bonchev–Trinajstić information content (AvgIpc) is 3.40. The van der Waals surface area contributed by atoms with Gasteiger partial charge in [-0.05, 0) is 50.1 Å². The molecule has 1 amide bonds. The van der Waals surface area contributed by atoms with E-state index in [1.807, 2.05) is 35.4 Å². The average molecular weight is 386 g/mol. The van der Waals surface area contributed by atoms with Crippen molar-refractivity contribution in [2.75, 3.05) is 11.4 Å². The van der Waals surface area contributed by atoms with E-state index in [-0.39, 0.29) is 11.8 Å². The Morgan fingerprint density at radius 1 is 1.14 bits per heavy atom. The highest BCUT2D eigenvalue weighted by atomic mass is 16.5. The second-order valence-corrected chi connectivity index (χ2v) is 7.85. The number of carbonyl (C=O) groups excluding carboxylic acids is 1. The molecule has 1 fully saturated rings. The number of hydrogen-bond acceptors (Lipinski definition) is 4. The minimum Gasteiger partial charge on any atom is -0.361 e. The highest BCUT2D eigenvalue weighted by Crippen LogP contribution is 2.36. The molecule has 1 aliphatic heterocycles. The van der Waals surface area contributed by atoms with Gasteiger partial charge in [-0.1, -0.05) is 28.9 Å². The van der Waals surface area contributed by atoms with Gasteiger partial charge in [-0.25, -0.2) is 0 Å². The zero-order valence-electron chi connectivity index (χ0n) is 16.7. The van der Waals surface area contributed by atoms with Crippen LogP contribution in [-0.2, 0) is 4.79 Å². The lowest BCUT2D eigenvalue weighted by Crippen LogP contribution is -2.26. The van der Waals surface area contributed by atoms with Crippen molar-refractivity contribution >= 4 is 22.5 Å². The molecule has 0 spiro atoms. The SMILES string of the molecule is Cc1cc(C)c(N2CC(c3noc(-c4cccc5[nH]ccc45)n3)CC2=O)c(C)c1. The first-order valence-corrected chi connectivity index (χ1v) is 9.79. The number of rotatable bonds is 3. The Kier molecular flexibility index (Phi) is 4.01. The molecule has 4 aromatic rings. The molecule has 6 heteroatoms. The van der Waals surface area contributed by atoms with E-state index in [4.69, 9.17) is 4.52 Å². The van der Waals surface area contributed by atoms with Crippen LogP contribution >= 0.6 is 0 Å². The number of amides is 1. The number of hydrogen-bond donors (Lipinski definition) is 1. The molecule has 1 aliphatic rings. The van der Waals surface area contributed by atoms with Crippen LogP contribution in [0.15, 0.2) is 47.1 Å². The van der Waals surface area contributed by atoms with Crippen LogP contribution in [0.3, 0.4) is 0 Å². The Labute approximate surface area is 168 Å². The lowest BCUT2D eigenvalue weighted by molar-refractivity contribution is -0.117. The van der Waals surface area contributed by atoms with Crippen molar-refractivity contribution in [3.63, 3.8) is 0 Å². The van der Waals surface area contributed by atoms with E-state index in [0.717, 1.165) is 33.3 Å². The number of aromatic amines is 1. The van der Waals surface area contributed by atoms with Crippen molar-refractivity contribution in [1.29, 1.82) is 0 Å². The monoisotopic (exact) mass is 386 g/mol. The minimum atomic E-state index is -0.0782. The molecule has 1 N–H and O–H groups in total. The summed E-state index contributed by atoms with van der Waals surface area (Å²) in [7, 11) is 0. The molecular weight excluding hydrogens is 364 g/mol. The van der Waals surface area contributed by atoms with Gasteiger partial charge >= 0.3 is 0 Å². The van der Waals surface area contributed by atoms with Crippen molar-refractivity contribution < 1.29 is 9.32 Å². The lowest BCUT2D eigenvalue weighted by Gasteiger charge is -2.22. The molecular formula is C23H22N4O2. The number of aromatic nitrogens is 3. The Balaban J connectivity index is 1.45. The van der Waals surface area contributed by atoms with Gasteiger partial charge in [0.05, 0.1) is 0 Å². The number of nitrogens with one attached hydrogen (secondary N) is 1. The topological polar surface area (TPSA) is 75.0 Å². The van der Waals surface area contributed by atoms with Crippen molar-refractivity contribution in [2.45, 2.75) is 33.1 Å². The molecule has 0 bridgehead atoms. The first-order valence-electron chi connectivity index (χ1n) is 9.79. The van der Waals surface area contributed by atoms with Gasteiger partial charge < -0.3 is 14.4 Å². The van der Waals surface area contributed by atoms with Crippen molar-refractivity contribution in [3.8, 4) is 11.5 Å². The standard InChI is InChI=1S/C23H22N4O2/c1-13-9-14(2)21(15(3)10-13)27-12-16(11-20(27)28)22-25-23(29-26-22)18-5-4-6-19-17(18)7-8-24-19/h4-10,16,24H,11-12H2,1-3H3. The van der Waals surface area contributed by atoms with E-state index in [2.05, 4.69) is 48.0 Å². The van der Waals surface area contributed by atoms with E-state index < -0.39 is 0 Å². The Hall–Kier alpha value is -3.41. The summed E-state index contributed by atoms with van der Waals surface area (Å²) >= 11 is 0. The highest BCUT2D eigenvalue weighted by Gasteiger charge is 2.36. The lowest BCUT2D eigenvalue weighted by atomic mass is 10.0. The second-order valence-electron chi connectivity index (χ2n) is 7.85. The molecule has 29 heavy (non-hydrogen) atoms. The van der Waals surface area contributed by atoms with E-state index in [9.17, 15) is 4.79 Å². The Bertz CT molecular complexity index is 1210. The molecule has 2 aromatic heterocycles. The van der Waals surface area contributed by atoms with E-state index >= 15 is 0 Å². The summed E-state index contributed by atoms with van der Waals surface area (Å²) in [5.74, 6) is 1.10. The minimum absolute atomic E-state index is 0.0782. The fraction of sp³-hybridized carbons (Fsp3) is 0.261. The van der Waals surface area contributed by atoms with Crippen LogP contribution in [0.1, 0.15) is 34.9 Å². The molecule has 3 heterocycles. The number of anilines is 1. The second kappa shape index (κ2) is 6.58. The van der Waals surface area contributed by atoms with E-state index in [1.165, 1.54) is 5.56 Å². The van der Waals surface area contributed by atoms with E-state index in [1.54, 1.807) is 0 Å². The number of fused-ring (bicyclic) bond motifs is 1. The number of carbonyl (C=O) groups is 1. The van der Waals surface area contributed by atoms with Crippen LogP contribution in [-0.4, -0.2) is 27.6 Å². The van der Waals surface area contributed by atoms with Gasteiger partial charge in [0.1, 0.15) is 0 Å². The fourth-order valence-corrected chi connectivity index (χ4v) is 4.48. The summed E-state index contributed by atoms with van der Waals surface area (Å²) in [5, 5.41) is 5.25. The summed E-state index contributed by atoms with van der Waals surface area (Å²) in [4.78, 5) is 22.5. The summed E-state index contributed by atoms with van der Waals surface area (Å²) in [6, 6.07) is 12.2. The first kappa shape index (κ1) is 17.7. The summed E-state index contributed by atoms with van der Waals surface area (Å²) < 4.78 is 5.58. The molecule has 1 saturated heterocycles. The van der Waals surface area contributed by atoms with Gasteiger partial charge in [-0.3, -0.25) is 4.79 Å². The van der Waals surface area contributed by atoms with Crippen molar-refractivity contribution in [3.05, 3.63) is 65.1 Å². The van der Waals surface area contributed by atoms with Crippen molar-refractivity contribution in [2.24, 2.45) is 0 Å². The third-order valence-corrected chi connectivity index (χ3v) is 5.66. The molecule has 146 valence electrons. The smallest absolute Gasteiger partial charge is 0.258 e. The molecule has 0 aliphatic carbocycles. The zero-order chi connectivity index (χ0) is 20.1. The molecule has 6 nitrogen and oxygen atoms in total. The number of aryl methyl sites for hydroxylation is 3. The van der Waals surface area contributed by atoms with Gasteiger partial charge in [-0.15, -0.1) is 0 Å². The van der Waals surface area contributed by atoms with Gasteiger partial charge in [-0.2, -0.15) is 4.98 Å². The van der Waals surface area contributed by atoms with Crippen LogP contribution in [0.4, 0.5) is 5.69 Å². The predicted molar refractivity (Wildman–Crippen MR) is 112 cm³/mol. The third kappa shape index (κ3) is 2.92.